The van der Waals surface area contributed by atoms with Gasteiger partial charge in [-0.25, -0.2) is 0 Å². The highest BCUT2D eigenvalue weighted by Gasteiger charge is 2.14. The molecule has 0 N–H and O–H groups in total. The molecule has 0 aromatic heterocycles. The summed E-state index contributed by atoms with van der Waals surface area (Å²) in [6.07, 6.45) is 8.36. The molecule has 0 rings (SSSR count). The number of hydrogen-bond donors (Lipinski definition) is 0. The van der Waals surface area contributed by atoms with Gasteiger partial charge in [0.15, 0.2) is 0 Å². The lowest BCUT2D eigenvalue weighted by molar-refractivity contribution is 0.642. The number of terminal acetylenes is 1. The van der Waals surface area contributed by atoms with Crippen LogP contribution in [0.1, 0.15) is 33.1 Å². The molecule has 0 spiro atoms. The van der Waals surface area contributed by atoms with Crippen molar-refractivity contribution in [1.82, 2.24) is 0 Å². The molecule has 0 aromatic carbocycles. The molecule has 0 radical (unpaired) electrons. The lowest BCUT2D eigenvalue weighted by Gasteiger charge is -2.12. The summed E-state index contributed by atoms with van der Waals surface area (Å²) in [5.74, 6) is 2.54. The van der Waals surface area contributed by atoms with E-state index >= 15 is 0 Å². The van der Waals surface area contributed by atoms with Crippen molar-refractivity contribution in [2.24, 2.45) is 0 Å². The van der Waals surface area contributed by atoms with Gasteiger partial charge >= 0.3 is 0 Å². The average molecular weight is 145 g/mol. The number of unbranched alkanes of at least 4 members (excludes halogenated alkanes) is 1. The van der Waals surface area contributed by atoms with Crippen LogP contribution in [0.4, 0.5) is 0 Å². The van der Waals surface area contributed by atoms with Gasteiger partial charge in [0.25, 0.3) is 0 Å². The van der Waals surface area contributed by atoms with Crippen LogP contribution in [0.2, 0.25) is 0 Å². The smallest absolute Gasteiger partial charge is 0.102 e. The van der Waals surface area contributed by atoms with E-state index in [9.17, 15) is 0 Å². The van der Waals surface area contributed by atoms with E-state index in [2.05, 4.69) is 12.8 Å². The molecule has 0 nitrogen and oxygen atoms in total. The minimum atomic E-state index is -0.407. The van der Waals surface area contributed by atoms with Crippen molar-refractivity contribution < 1.29 is 0 Å². The predicted octanol–water partition coefficient (Wildman–Crippen LogP) is 2.81. The van der Waals surface area contributed by atoms with Gasteiger partial charge in [0, 0.05) is 0 Å². The Kier molecular flexibility index (Phi) is 3.73. The van der Waals surface area contributed by atoms with Crippen LogP contribution in [0.15, 0.2) is 0 Å². The minimum absolute atomic E-state index is 0.407. The zero-order chi connectivity index (χ0) is 7.33. The van der Waals surface area contributed by atoms with Gasteiger partial charge in [-0.15, -0.1) is 18.0 Å². The molecule has 0 aliphatic heterocycles. The first-order valence-electron chi connectivity index (χ1n) is 3.29. The molecule has 1 unspecified atom stereocenters. The summed E-state index contributed by atoms with van der Waals surface area (Å²) in [5.41, 5.74) is 0. The molecular formula is C8H13Cl. The van der Waals surface area contributed by atoms with E-state index in [1.165, 1.54) is 0 Å². The fourth-order valence-electron chi connectivity index (χ4n) is 0.581. The summed E-state index contributed by atoms with van der Waals surface area (Å²) in [5, 5.41) is 0. The Morgan fingerprint density at radius 2 is 2.22 bits per heavy atom. The van der Waals surface area contributed by atoms with Crippen molar-refractivity contribution >= 4 is 11.6 Å². The van der Waals surface area contributed by atoms with E-state index in [1.54, 1.807) is 0 Å². The normalized spacial score (nSPS) is 16.2. The van der Waals surface area contributed by atoms with Crippen LogP contribution in [0.3, 0.4) is 0 Å². The summed E-state index contributed by atoms with van der Waals surface area (Å²) in [7, 11) is 0. The van der Waals surface area contributed by atoms with Crippen LogP contribution in [-0.2, 0) is 0 Å². The van der Waals surface area contributed by atoms with Crippen LogP contribution in [0, 0.1) is 12.3 Å². The van der Waals surface area contributed by atoms with E-state index in [0.717, 1.165) is 19.3 Å². The Balaban J connectivity index is 3.49. The Hall–Kier alpha value is -0.150. The molecule has 0 heterocycles. The molecule has 0 aromatic rings. The van der Waals surface area contributed by atoms with Crippen LogP contribution in [-0.4, -0.2) is 4.87 Å². The molecule has 0 saturated carbocycles. The van der Waals surface area contributed by atoms with E-state index < -0.39 is 4.87 Å². The molecule has 0 aliphatic carbocycles. The zero-order valence-corrected chi connectivity index (χ0v) is 6.83. The van der Waals surface area contributed by atoms with Gasteiger partial charge in [0.2, 0.25) is 0 Å². The molecule has 1 heteroatoms. The molecule has 0 amide bonds. The Labute approximate surface area is 62.6 Å². The van der Waals surface area contributed by atoms with Crippen molar-refractivity contribution in [3.63, 3.8) is 0 Å². The second kappa shape index (κ2) is 3.80. The summed E-state index contributed by atoms with van der Waals surface area (Å²) in [6, 6.07) is 0. The lowest BCUT2D eigenvalue weighted by atomic mass is 10.1. The standard InChI is InChI=1S/C8H13Cl/c1-4-6-7-8(3,9)5-2/h2H,4,6-7H2,1,3H3. The summed E-state index contributed by atoms with van der Waals surface area (Å²) in [4.78, 5) is -0.407. The lowest BCUT2D eigenvalue weighted by Crippen LogP contribution is -2.11. The Bertz CT molecular complexity index is 108. The van der Waals surface area contributed by atoms with Crippen molar-refractivity contribution in [3.8, 4) is 12.3 Å². The Morgan fingerprint density at radius 3 is 2.56 bits per heavy atom. The predicted molar refractivity (Wildman–Crippen MR) is 42.6 cm³/mol. The highest BCUT2D eigenvalue weighted by atomic mass is 35.5. The Morgan fingerprint density at radius 1 is 1.67 bits per heavy atom. The van der Waals surface area contributed by atoms with Gasteiger partial charge in [-0.05, 0) is 13.3 Å². The fourth-order valence-corrected chi connectivity index (χ4v) is 0.715. The monoisotopic (exact) mass is 144 g/mol. The first-order valence-corrected chi connectivity index (χ1v) is 3.67. The quantitative estimate of drug-likeness (QED) is 0.422. The second-order valence-electron chi connectivity index (χ2n) is 2.45. The van der Waals surface area contributed by atoms with Crippen molar-refractivity contribution in [3.05, 3.63) is 0 Å². The van der Waals surface area contributed by atoms with E-state index in [4.69, 9.17) is 18.0 Å². The van der Waals surface area contributed by atoms with Crippen LogP contribution in [0.5, 0.6) is 0 Å². The largest absolute Gasteiger partial charge is 0.118 e. The number of alkyl halides is 1. The van der Waals surface area contributed by atoms with Gasteiger partial charge < -0.3 is 0 Å². The van der Waals surface area contributed by atoms with Crippen LogP contribution >= 0.6 is 11.6 Å². The average Bonchev–Trinajstić information content (AvgIpc) is 1.84. The zero-order valence-electron chi connectivity index (χ0n) is 6.08. The molecule has 0 bridgehead atoms. The van der Waals surface area contributed by atoms with Gasteiger partial charge in [0.1, 0.15) is 4.87 Å². The third-order valence-electron chi connectivity index (χ3n) is 1.30. The maximum atomic E-state index is 5.86. The van der Waals surface area contributed by atoms with Gasteiger partial charge in [-0.3, -0.25) is 0 Å². The van der Waals surface area contributed by atoms with Crippen LogP contribution < -0.4 is 0 Å². The SMILES string of the molecule is C#CC(C)(Cl)CCCC. The second-order valence-corrected chi connectivity index (χ2v) is 3.28. The highest BCUT2D eigenvalue weighted by molar-refractivity contribution is 6.25. The molecule has 1 atom stereocenters. The maximum absolute atomic E-state index is 5.86. The molecule has 9 heavy (non-hydrogen) atoms. The van der Waals surface area contributed by atoms with Gasteiger partial charge in [-0.2, -0.15) is 0 Å². The minimum Gasteiger partial charge on any atom is -0.118 e. The van der Waals surface area contributed by atoms with E-state index in [1.807, 2.05) is 6.92 Å². The summed E-state index contributed by atoms with van der Waals surface area (Å²) in [6.45, 7) is 4.01. The summed E-state index contributed by atoms with van der Waals surface area (Å²) < 4.78 is 0. The van der Waals surface area contributed by atoms with Crippen molar-refractivity contribution in [1.29, 1.82) is 0 Å². The maximum Gasteiger partial charge on any atom is 0.102 e. The highest BCUT2D eigenvalue weighted by Crippen LogP contribution is 2.19. The third kappa shape index (κ3) is 4.36. The molecular weight excluding hydrogens is 132 g/mol. The van der Waals surface area contributed by atoms with E-state index in [-0.39, 0.29) is 0 Å². The molecule has 0 fully saturated rings. The van der Waals surface area contributed by atoms with Crippen molar-refractivity contribution in [2.75, 3.05) is 0 Å². The fraction of sp³-hybridized carbons (Fsp3) is 0.750. The third-order valence-corrected chi connectivity index (χ3v) is 1.60. The van der Waals surface area contributed by atoms with E-state index in [0.29, 0.717) is 0 Å². The summed E-state index contributed by atoms with van der Waals surface area (Å²) >= 11 is 5.86. The van der Waals surface area contributed by atoms with Gasteiger partial charge in [-0.1, -0.05) is 25.7 Å². The molecule has 0 aliphatic rings. The van der Waals surface area contributed by atoms with Gasteiger partial charge in [0.05, 0.1) is 0 Å². The molecule has 52 valence electrons. The molecule has 0 saturated heterocycles. The first kappa shape index (κ1) is 8.85. The van der Waals surface area contributed by atoms with Crippen LogP contribution in [0.25, 0.3) is 0 Å². The van der Waals surface area contributed by atoms with Crippen molar-refractivity contribution in [2.45, 2.75) is 38.0 Å². The number of rotatable bonds is 3. The first-order chi connectivity index (χ1) is 4.12. The topological polar surface area (TPSA) is 0 Å². The number of halogens is 1. The number of hydrogen-bond acceptors (Lipinski definition) is 0.